The molecule has 4 nitrogen and oxygen atoms in total. The van der Waals surface area contributed by atoms with Crippen molar-refractivity contribution in [3.8, 4) is 0 Å². The second kappa shape index (κ2) is 4.93. The van der Waals surface area contributed by atoms with Gasteiger partial charge in [-0.1, -0.05) is 29.3 Å². The molecule has 4 N–H and O–H groups in total. The maximum Gasteiger partial charge on any atom is 0.228 e. The van der Waals surface area contributed by atoms with Gasteiger partial charge in [-0.3, -0.25) is 0 Å². The van der Waals surface area contributed by atoms with Gasteiger partial charge in [0.2, 0.25) is 5.96 Å². The van der Waals surface area contributed by atoms with Crippen molar-refractivity contribution in [2.75, 3.05) is 0 Å². The molecule has 0 aliphatic rings. The summed E-state index contributed by atoms with van der Waals surface area (Å²) in [4.78, 5) is 4.81. The summed E-state index contributed by atoms with van der Waals surface area (Å²) >= 11 is 11.7. The summed E-state index contributed by atoms with van der Waals surface area (Å²) in [6, 6.07) is 5.16. The van der Waals surface area contributed by atoms with Gasteiger partial charge in [0, 0.05) is 15.6 Å². The predicted octanol–water partition coefficient (Wildman–Crippen LogP) is 1.70. The minimum Gasteiger partial charge on any atom is -0.388 e. The number of oxime groups is 1. The van der Waals surface area contributed by atoms with Crippen LogP contribution in [-0.2, 0) is 11.4 Å². The summed E-state index contributed by atoms with van der Waals surface area (Å²) < 4.78 is 0. The Kier molecular flexibility index (Phi) is 3.85. The molecule has 0 aromatic heterocycles. The van der Waals surface area contributed by atoms with Crippen molar-refractivity contribution < 1.29 is 4.84 Å². The minimum atomic E-state index is -0.145. The van der Waals surface area contributed by atoms with Crippen molar-refractivity contribution in [3.05, 3.63) is 33.8 Å². The standard InChI is InChI=1S/C8H9Cl2N3O/c9-6-2-1-3-7(10)5(6)4-14-13-8(11)12/h1-3H,4H2,(H4,11,12,13). The molecule has 6 heteroatoms. The van der Waals surface area contributed by atoms with Crippen LogP contribution in [0.3, 0.4) is 0 Å². The van der Waals surface area contributed by atoms with E-state index in [4.69, 9.17) is 39.5 Å². The molecule has 0 spiro atoms. The molecule has 0 amide bonds. The van der Waals surface area contributed by atoms with Gasteiger partial charge in [0.15, 0.2) is 0 Å². The minimum absolute atomic E-state index is 0.135. The van der Waals surface area contributed by atoms with Gasteiger partial charge in [-0.05, 0) is 17.3 Å². The lowest BCUT2D eigenvalue weighted by atomic mass is 10.2. The Balaban J connectivity index is 2.71. The molecule has 0 aliphatic heterocycles. The van der Waals surface area contributed by atoms with E-state index in [2.05, 4.69) is 5.16 Å². The SMILES string of the molecule is NC(N)=NOCc1c(Cl)cccc1Cl. The van der Waals surface area contributed by atoms with E-state index in [1.165, 1.54) is 0 Å². The first kappa shape index (κ1) is 10.9. The number of hydrogen-bond donors (Lipinski definition) is 2. The third-order valence-electron chi connectivity index (χ3n) is 1.44. The van der Waals surface area contributed by atoms with E-state index in [9.17, 15) is 0 Å². The van der Waals surface area contributed by atoms with Crippen LogP contribution in [0, 0.1) is 0 Å². The van der Waals surface area contributed by atoms with Gasteiger partial charge < -0.3 is 16.3 Å². The molecule has 14 heavy (non-hydrogen) atoms. The summed E-state index contributed by atoms with van der Waals surface area (Å²) in [6.45, 7) is 0.135. The van der Waals surface area contributed by atoms with E-state index >= 15 is 0 Å². The zero-order valence-electron chi connectivity index (χ0n) is 7.21. The molecule has 0 heterocycles. The number of nitrogens with two attached hydrogens (primary N) is 2. The number of halogens is 2. The van der Waals surface area contributed by atoms with Crippen molar-refractivity contribution in [2.45, 2.75) is 6.61 Å². The van der Waals surface area contributed by atoms with Gasteiger partial charge >= 0.3 is 0 Å². The number of guanidine groups is 1. The summed E-state index contributed by atoms with van der Waals surface area (Å²) in [7, 11) is 0. The van der Waals surface area contributed by atoms with Crippen LogP contribution in [0.25, 0.3) is 0 Å². The van der Waals surface area contributed by atoms with Gasteiger partial charge in [0.05, 0.1) is 0 Å². The smallest absolute Gasteiger partial charge is 0.228 e. The van der Waals surface area contributed by atoms with Gasteiger partial charge in [0.25, 0.3) is 0 Å². The van der Waals surface area contributed by atoms with Gasteiger partial charge in [0.1, 0.15) is 6.61 Å². The van der Waals surface area contributed by atoms with Gasteiger partial charge in [-0.25, -0.2) is 0 Å². The maximum absolute atomic E-state index is 5.87. The van der Waals surface area contributed by atoms with Crippen LogP contribution in [0.2, 0.25) is 10.0 Å². The van der Waals surface area contributed by atoms with E-state index in [1.54, 1.807) is 18.2 Å². The fourth-order valence-electron chi connectivity index (χ4n) is 0.842. The van der Waals surface area contributed by atoms with E-state index in [1.807, 2.05) is 0 Å². The van der Waals surface area contributed by atoms with Crippen molar-refractivity contribution in [1.29, 1.82) is 0 Å². The Morgan fingerprint density at radius 1 is 1.29 bits per heavy atom. The highest BCUT2D eigenvalue weighted by atomic mass is 35.5. The number of hydrogen-bond acceptors (Lipinski definition) is 2. The fourth-order valence-corrected chi connectivity index (χ4v) is 1.35. The normalized spacial score (nSPS) is 9.57. The predicted molar refractivity (Wildman–Crippen MR) is 57.1 cm³/mol. The lowest BCUT2D eigenvalue weighted by Crippen LogP contribution is -2.22. The fraction of sp³-hybridized carbons (Fsp3) is 0.125. The first-order valence-corrected chi connectivity index (χ1v) is 4.50. The van der Waals surface area contributed by atoms with Crippen molar-refractivity contribution in [2.24, 2.45) is 16.6 Å². The number of nitrogens with zero attached hydrogens (tertiary/aromatic N) is 1. The Morgan fingerprint density at radius 3 is 2.36 bits per heavy atom. The average Bonchev–Trinajstić information content (AvgIpc) is 2.09. The summed E-state index contributed by atoms with van der Waals surface area (Å²) in [5, 5.41) is 4.39. The zero-order valence-corrected chi connectivity index (χ0v) is 8.72. The van der Waals surface area contributed by atoms with Crippen molar-refractivity contribution in [1.82, 2.24) is 0 Å². The number of benzene rings is 1. The molecule has 0 radical (unpaired) electrons. The molecule has 0 aliphatic carbocycles. The van der Waals surface area contributed by atoms with Crippen LogP contribution in [0.5, 0.6) is 0 Å². The van der Waals surface area contributed by atoms with Crippen molar-refractivity contribution in [3.63, 3.8) is 0 Å². The van der Waals surface area contributed by atoms with Crippen LogP contribution in [-0.4, -0.2) is 5.96 Å². The Morgan fingerprint density at radius 2 is 1.86 bits per heavy atom. The Labute approximate surface area is 91.4 Å². The first-order chi connectivity index (χ1) is 6.61. The third kappa shape index (κ3) is 2.97. The molecular formula is C8H9Cl2N3O. The molecule has 1 aromatic carbocycles. The molecule has 1 aromatic rings. The molecule has 1 rings (SSSR count). The second-order valence-electron chi connectivity index (χ2n) is 2.49. The zero-order chi connectivity index (χ0) is 10.6. The van der Waals surface area contributed by atoms with Crippen LogP contribution in [0.15, 0.2) is 23.4 Å². The number of rotatable bonds is 3. The molecular weight excluding hydrogens is 225 g/mol. The van der Waals surface area contributed by atoms with E-state index < -0.39 is 0 Å². The molecule has 0 fully saturated rings. The van der Waals surface area contributed by atoms with Crippen LogP contribution in [0.4, 0.5) is 0 Å². The van der Waals surface area contributed by atoms with Crippen LogP contribution >= 0.6 is 23.2 Å². The second-order valence-corrected chi connectivity index (χ2v) is 3.30. The topological polar surface area (TPSA) is 73.6 Å². The Bertz CT molecular complexity index is 330. The summed E-state index contributed by atoms with van der Waals surface area (Å²) in [5.74, 6) is -0.145. The monoisotopic (exact) mass is 233 g/mol. The Hall–Kier alpha value is -1.13. The summed E-state index contributed by atoms with van der Waals surface area (Å²) in [6.07, 6.45) is 0. The van der Waals surface area contributed by atoms with E-state index in [0.717, 1.165) is 0 Å². The lowest BCUT2D eigenvalue weighted by Gasteiger charge is -2.04. The molecule has 0 saturated heterocycles. The van der Waals surface area contributed by atoms with Crippen LogP contribution < -0.4 is 11.5 Å². The van der Waals surface area contributed by atoms with Crippen LogP contribution in [0.1, 0.15) is 5.56 Å². The molecule has 0 atom stereocenters. The highest BCUT2D eigenvalue weighted by molar-refractivity contribution is 6.35. The highest BCUT2D eigenvalue weighted by Gasteiger charge is 2.05. The van der Waals surface area contributed by atoms with Gasteiger partial charge in [-0.2, -0.15) is 0 Å². The van der Waals surface area contributed by atoms with Gasteiger partial charge in [-0.15, -0.1) is 0 Å². The molecule has 0 bridgehead atoms. The molecule has 76 valence electrons. The quantitative estimate of drug-likeness (QED) is 0.474. The third-order valence-corrected chi connectivity index (χ3v) is 2.15. The van der Waals surface area contributed by atoms with E-state index in [0.29, 0.717) is 15.6 Å². The van der Waals surface area contributed by atoms with Crippen molar-refractivity contribution >= 4 is 29.2 Å². The van der Waals surface area contributed by atoms with E-state index in [-0.39, 0.29) is 12.6 Å². The summed E-state index contributed by atoms with van der Waals surface area (Å²) in [5.41, 5.74) is 10.8. The average molecular weight is 234 g/mol. The highest BCUT2D eigenvalue weighted by Crippen LogP contribution is 2.24. The lowest BCUT2D eigenvalue weighted by molar-refractivity contribution is 0.130. The molecule has 0 unspecified atom stereocenters. The molecule has 0 saturated carbocycles. The first-order valence-electron chi connectivity index (χ1n) is 3.75. The maximum atomic E-state index is 5.87. The largest absolute Gasteiger partial charge is 0.388 e.